The first-order chi connectivity index (χ1) is 9.34. The van der Waals surface area contributed by atoms with Crippen molar-refractivity contribution in [1.29, 1.82) is 0 Å². The van der Waals surface area contributed by atoms with E-state index in [9.17, 15) is 10.1 Å². The lowest BCUT2D eigenvalue weighted by Crippen LogP contribution is -2.26. The van der Waals surface area contributed by atoms with Gasteiger partial charge in [-0.1, -0.05) is 12.1 Å². The maximum Gasteiger partial charge on any atom is 0.270 e. The van der Waals surface area contributed by atoms with E-state index in [2.05, 4.69) is 10.2 Å². The largest absolute Gasteiger partial charge is 0.324 e. The summed E-state index contributed by atoms with van der Waals surface area (Å²) < 4.78 is 1.91. The molecule has 2 rings (SSSR count). The van der Waals surface area contributed by atoms with Crippen molar-refractivity contribution in [3.05, 3.63) is 40.2 Å². The molecule has 0 spiro atoms. The minimum Gasteiger partial charge on any atom is -0.324 e. The molecule has 1 heterocycles. The number of nitro groups is 1. The summed E-state index contributed by atoms with van der Waals surface area (Å²) in [5.41, 5.74) is 6.10. The Kier molecular flexibility index (Phi) is 3.54. The first kappa shape index (κ1) is 14.1. The van der Waals surface area contributed by atoms with Crippen LogP contribution in [0.1, 0.15) is 26.6 Å². The summed E-state index contributed by atoms with van der Waals surface area (Å²) in [6.07, 6.45) is 0. The van der Waals surface area contributed by atoms with Gasteiger partial charge in [-0.3, -0.25) is 10.1 Å². The number of nitrogens with two attached hydrogens (primary N) is 1. The fourth-order valence-electron chi connectivity index (χ4n) is 2.10. The zero-order valence-corrected chi connectivity index (χ0v) is 11.7. The molecule has 2 N–H and O–H groups in total. The standard InChI is InChI=1S/C13H17N5O2/c1-13(2,3)17-11(8-14)15-16-12(17)9-5-4-6-10(7-9)18(19)20/h4-7H,8,14H2,1-3H3. The third kappa shape index (κ3) is 2.53. The highest BCUT2D eigenvalue weighted by atomic mass is 16.6. The summed E-state index contributed by atoms with van der Waals surface area (Å²) in [5, 5.41) is 19.1. The van der Waals surface area contributed by atoms with Crippen LogP contribution in [0.5, 0.6) is 0 Å². The Balaban J connectivity index is 2.61. The zero-order chi connectivity index (χ0) is 14.9. The summed E-state index contributed by atoms with van der Waals surface area (Å²) in [6.45, 7) is 6.29. The van der Waals surface area contributed by atoms with Crippen LogP contribution in [0.3, 0.4) is 0 Å². The second-order valence-corrected chi connectivity index (χ2v) is 5.46. The lowest BCUT2D eigenvalue weighted by atomic mass is 10.1. The van der Waals surface area contributed by atoms with Gasteiger partial charge in [-0.2, -0.15) is 0 Å². The van der Waals surface area contributed by atoms with E-state index in [4.69, 9.17) is 5.73 Å². The van der Waals surface area contributed by atoms with Crippen molar-refractivity contribution in [3.63, 3.8) is 0 Å². The van der Waals surface area contributed by atoms with Gasteiger partial charge >= 0.3 is 0 Å². The Morgan fingerprint density at radius 2 is 2.05 bits per heavy atom. The van der Waals surface area contributed by atoms with Gasteiger partial charge in [0.25, 0.3) is 5.69 Å². The van der Waals surface area contributed by atoms with Crippen LogP contribution in [0.25, 0.3) is 11.4 Å². The molecular formula is C13H17N5O2. The molecule has 2 aromatic rings. The van der Waals surface area contributed by atoms with Gasteiger partial charge < -0.3 is 10.3 Å². The van der Waals surface area contributed by atoms with E-state index < -0.39 is 4.92 Å². The molecule has 0 saturated heterocycles. The number of non-ortho nitro benzene ring substituents is 1. The predicted octanol–water partition coefficient (Wildman–Crippen LogP) is 2.07. The highest BCUT2D eigenvalue weighted by molar-refractivity contribution is 5.59. The highest BCUT2D eigenvalue weighted by Gasteiger charge is 2.23. The average Bonchev–Trinajstić information content (AvgIpc) is 2.82. The number of aromatic nitrogens is 3. The summed E-state index contributed by atoms with van der Waals surface area (Å²) >= 11 is 0. The van der Waals surface area contributed by atoms with Crippen molar-refractivity contribution in [2.45, 2.75) is 32.9 Å². The van der Waals surface area contributed by atoms with E-state index >= 15 is 0 Å². The quantitative estimate of drug-likeness (QED) is 0.682. The van der Waals surface area contributed by atoms with Crippen molar-refractivity contribution in [1.82, 2.24) is 14.8 Å². The molecule has 0 saturated carbocycles. The van der Waals surface area contributed by atoms with Crippen LogP contribution >= 0.6 is 0 Å². The van der Waals surface area contributed by atoms with Gasteiger partial charge in [0.2, 0.25) is 0 Å². The molecule has 0 aliphatic heterocycles. The van der Waals surface area contributed by atoms with Crippen molar-refractivity contribution >= 4 is 5.69 Å². The second kappa shape index (κ2) is 5.01. The number of hydrogen-bond donors (Lipinski definition) is 1. The van der Waals surface area contributed by atoms with Crippen LogP contribution in [-0.4, -0.2) is 19.7 Å². The molecule has 20 heavy (non-hydrogen) atoms. The third-order valence-electron chi connectivity index (χ3n) is 2.90. The minimum absolute atomic E-state index is 0.0280. The molecule has 106 valence electrons. The second-order valence-electron chi connectivity index (χ2n) is 5.46. The van der Waals surface area contributed by atoms with Crippen LogP contribution in [0, 0.1) is 10.1 Å². The number of nitrogens with zero attached hydrogens (tertiary/aromatic N) is 4. The van der Waals surface area contributed by atoms with Crippen LogP contribution in [0.15, 0.2) is 24.3 Å². The topological polar surface area (TPSA) is 99.9 Å². The summed E-state index contributed by atoms with van der Waals surface area (Å²) in [7, 11) is 0. The lowest BCUT2D eigenvalue weighted by Gasteiger charge is -2.24. The van der Waals surface area contributed by atoms with Gasteiger partial charge in [-0.25, -0.2) is 0 Å². The number of rotatable bonds is 3. The Morgan fingerprint density at radius 1 is 1.35 bits per heavy atom. The molecule has 0 fully saturated rings. The highest BCUT2D eigenvalue weighted by Crippen LogP contribution is 2.28. The van der Waals surface area contributed by atoms with Crippen LogP contribution in [0.4, 0.5) is 5.69 Å². The molecule has 1 aromatic carbocycles. The van der Waals surface area contributed by atoms with Gasteiger partial charge in [0.1, 0.15) is 5.82 Å². The fraction of sp³-hybridized carbons (Fsp3) is 0.385. The number of benzene rings is 1. The van der Waals surface area contributed by atoms with Crippen molar-refractivity contribution in [2.75, 3.05) is 0 Å². The Hall–Kier alpha value is -2.28. The predicted molar refractivity (Wildman–Crippen MR) is 75.0 cm³/mol. The molecule has 0 unspecified atom stereocenters. The van der Waals surface area contributed by atoms with E-state index in [1.54, 1.807) is 12.1 Å². The molecule has 1 aromatic heterocycles. The molecule has 0 radical (unpaired) electrons. The van der Waals surface area contributed by atoms with Gasteiger partial charge in [0.15, 0.2) is 5.82 Å². The third-order valence-corrected chi connectivity index (χ3v) is 2.90. The van der Waals surface area contributed by atoms with E-state index in [1.807, 2.05) is 25.3 Å². The number of nitro benzene ring substituents is 1. The van der Waals surface area contributed by atoms with Crippen LogP contribution in [0.2, 0.25) is 0 Å². The Morgan fingerprint density at radius 3 is 2.60 bits per heavy atom. The van der Waals surface area contributed by atoms with Crippen molar-refractivity contribution < 1.29 is 4.92 Å². The summed E-state index contributed by atoms with van der Waals surface area (Å²) in [4.78, 5) is 10.4. The molecule has 0 amide bonds. The van der Waals surface area contributed by atoms with Gasteiger partial charge in [0, 0.05) is 23.2 Å². The van der Waals surface area contributed by atoms with Gasteiger partial charge in [0.05, 0.1) is 11.5 Å². The van der Waals surface area contributed by atoms with Crippen LogP contribution < -0.4 is 5.73 Å². The normalized spacial score (nSPS) is 11.6. The van der Waals surface area contributed by atoms with E-state index in [1.165, 1.54) is 12.1 Å². The number of hydrogen-bond acceptors (Lipinski definition) is 5. The monoisotopic (exact) mass is 275 g/mol. The van der Waals surface area contributed by atoms with E-state index in [0.29, 0.717) is 17.2 Å². The zero-order valence-electron chi connectivity index (χ0n) is 11.7. The average molecular weight is 275 g/mol. The van der Waals surface area contributed by atoms with Crippen LogP contribution in [-0.2, 0) is 12.1 Å². The van der Waals surface area contributed by atoms with E-state index in [-0.39, 0.29) is 17.8 Å². The molecular weight excluding hydrogens is 258 g/mol. The molecule has 0 atom stereocenters. The first-order valence-corrected chi connectivity index (χ1v) is 6.24. The maximum atomic E-state index is 10.9. The summed E-state index contributed by atoms with van der Waals surface area (Å²) in [5.74, 6) is 1.24. The Labute approximate surface area is 116 Å². The molecule has 0 aliphatic carbocycles. The lowest BCUT2D eigenvalue weighted by molar-refractivity contribution is -0.384. The Bertz CT molecular complexity index is 642. The molecule has 0 bridgehead atoms. The fourth-order valence-corrected chi connectivity index (χ4v) is 2.10. The van der Waals surface area contributed by atoms with Crippen molar-refractivity contribution in [3.8, 4) is 11.4 Å². The smallest absolute Gasteiger partial charge is 0.270 e. The SMILES string of the molecule is CC(C)(C)n1c(CN)nnc1-c1cccc([N+](=O)[O-])c1. The minimum atomic E-state index is -0.425. The first-order valence-electron chi connectivity index (χ1n) is 6.24. The molecule has 0 aliphatic rings. The van der Waals surface area contributed by atoms with Gasteiger partial charge in [-0.05, 0) is 20.8 Å². The molecule has 7 nitrogen and oxygen atoms in total. The van der Waals surface area contributed by atoms with E-state index in [0.717, 1.165) is 0 Å². The van der Waals surface area contributed by atoms with Crippen molar-refractivity contribution in [2.24, 2.45) is 5.73 Å². The maximum absolute atomic E-state index is 10.9. The van der Waals surface area contributed by atoms with Gasteiger partial charge in [-0.15, -0.1) is 10.2 Å². The summed E-state index contributed by atoms with van der Waals surface area (Å²) in [6, 6.07) is 6.36. The molecule has 7 heteroatoms.